The van der Waals surface area contributed by atoms with Crippen LogP contribution in [-0.4, -0.2) is 84.2 Å². The predicted molar refractivity (Wildman–Crippen MR) is 96.6 cm³/mol. The van der Waals surface area contributed by atoms with Gasteiger partial charge in [0.2, 0.25) is 0 Å². The maximum atomic E-state index is 12.8. The summed E-state index contributed by atoms with van der Waals surface area (Å²) in [4.78, 5) is 20.1. The maximum Gasteiger partial charge on any atom is 0.264 e. The molecule has 2 atom stereocenters. The summed E-state index contributed by atoms with van der Waals surface area (Å²) >= 11 is 1.54. The zero-order valence-electron chi connectivity index (χ0n) is 13.9. The summed E-state index contributed by atoms with van der Waals surface area (Å²) in [6.45, 7) is 5.02. The monoisotopic (exact) mass is 345 g/mol. The third-order valence-electron chi connectivity index (χ3n) is 5.19. The fourth-order valence-electron chi connectivity index (χ4n) is 3.69. The first-order chi connectivity index (χ1) is 11.6. The zero-order chi connectivity index (χ0) is 16.7. The largest absolute Gasteiger partial charge is 0.390 e. The Hall–Kier alpha value is -1.47. The minimum atomic E-state index is -0.452. The Labute approximate surface area is 146 Å². The lowest BCUT2D eigenvalue weighted by Crippen LogP contribution is -2.52. The smallest absolute Gasteiger partial charge is 0.264 e. The van der Waals surface area contributed by atoms with Gasteiger partial charge in [0.15, 0.2) is 0 Å². The predicted octanol–water partition coefficient (Wildman–Crippen LogP) is 1.33. The normalized spacial score (nSPS) is 26.3. The maximum absolute atomic E-state index is 12.8. The fraction of sp³-hybridized carbons (Fsp3) is 0.500. The van der Waals surface area contributed by atoms with Gasteiger partial charge in [-0.3, -0.25) is 9.69 Å². The van der Waals surface area contributed by atoms with Crippen molar-refractivity contribution in [1.29, 1.82) is 0 Å². The second-order valence-corrected chi connectivity index (χ2v) is 7.92. The van der Waals surface area contributed by atoms with Crippen molar-refractivity contribution in [3.05, 3.63) is 35.2 Å². The van der Waals surface area contributed by atoms with Gasteiger partial charge in [-0.1, -0.05) is 18.2 Å². The summed E-state index contributed by atoms with van der Waals surface area (Å²) in [5, 5.41) is 11.6. The molecule has 2 aromatic rings. The SMILES string of the molecule is CN1CCN([C@@H]2CN(C(=O)c3cc4ccccc4s3)C[C@H]2O)CC1. The lowest BCUT2D eigenvalue weighted by molar-refractivity contribution is 0.0512. The van der Waals surface area contributed by atoms with Crippen LogP contribution in [0.15, 0.2) is 30.3 Å². The molecule has 1 aromatic heterocycles. The zero-order valence-corrected chi connectivity index (χ0v) is 14.7. The van der Waals surface area contributed by atoms with Crippen molar-refractivity contribution in [2.75, 3.05) is 46.3 Å². The molecule has 1 N–H and O–H groups in total. The standard InChI is InChI=1S/C18H23N3O2S/c1-19-6-8-20(9-7-19)14-11-21(12-15(14)22)18(23)17-10-13-4-2-3-5-16(13)24-17/h2-5,10,14-15,22H,6-9,11-12H2,1H3/t14-,15-/m1/s1. The first-order valence-corrected chi connectivity index (χ1v) is 9.32. The van der Waals surface area contributed by atoms with E-state index in [4.69, 9.17) is 0 Å². The van der Waals surface area contributed by atoms with E-state index in [0.29, 0.717) is 13.1 Å². The van der Waals surface area contributed by atoms with Crippen molar-refractivity contribution in [2.24, 2.45) is 0 Å². The number of carbonyl (C=O) groups excluding carboxylic acids is 1. The van der Waals surface area contributed by atoms with E-state index in [9.17, 15) is 9.90 Å². The molecule has 3 heterocycles. The summed E-state index contributed by atoms with van der Waals surface area (Å²) < 4.78 is 1.14. The lowest BCUT2D eigenvalue weighted by Gasteiger charge is -2.37. The number of rotatable bonds is 2. The van der Waals surface area contributed by atoms with Gasteiger partial charge in [-0.25, -0.2) is 0 Å². The van der Waals surface area contributed by atoms with E-state index >= 15 is 0 Å². The number of piperazine rings is 1. The van der Waals surface area contributed by atoms with Crippen LogP contribution in [0, 0.1) is 0 Å². The minimum Gasteiger partial charge on any atom is -0.390 e. The van der Waals surface area contributed by atoms with Crippen molar-refractivity contribution in [2.45, 2.75) is 12.1 Å². The number of amides is 1. The molecule has 1 aromatic carbocycles. The number of aliphatic hydroxyl groups is 1. The molecule has 2 saturated heterocycles. The highest BCUT2D eigenvalue weighted by Gasteiger charge is 2.38. The number of hydrogen-bond donors (Lipinski definition) is 1. The first-order valence-electron chi connectivity index (χ1n) is 8.50. The number of thiophene rings is 1. The molecule has 0 unspecified atom stereocenters. The molecule has 0 aliphatic carbocycles. The molecule has 24 heavy (non-hydrogen) atoms. The van der Waals surface area contributed by atoms with E-state index in [1.807, 2.05) is 35.2 Å². The first kappa shape index (κ1) is 16.0. The second kappa shape index (κ2) is 6.44. The minimum absolute atomic E-state index is 0.0480. The number of likely N-dealkylation sites (N-methyl/N-ethyl adjacent to an activating group) is 1. The molecule has 4 rings (SSSR count). The summed E-state index contributed by atoms with van der Waals surface area (Å²) in [6, 6.07) is 10.1. The average molecular weight is 345 g/mol. The van der Waals surface area contributed by atoms with Crippen molar-refractivity contribution >= 4 is 27.3 Å². The molecule has 2 aliphatic rings. The Balaban J connectivity index is 1.47. The van der Waals surface area contributed by atoms with E-state index < -0.39 is 6.10 Å². The van der Waals surface area contributed by atoms with Gasteiger partial charge in [-0.15, -0.1) is 11.3 Å². The molecular weight excluding hydrogens is 322 g/mol. The molecule has 0 bridgehead atoms. The molecule has 2 aliphatic heterocycles. The van der Waals surface area contributed by atoms with Gasteiger partial charge in [-0.2, -0.15) is 0 Å². The fourth-order valence-corrected chi connectivity index (χ4v) is 4.72. The third-order valence-corrected chi connectivity index (χ3v) is 6.29. The Morgan fingerprint density at radius 3 is 2.67 bits per heavy atom. The van der Waals surface area contributed by atoms with E-state index in [1.54, 1.807) is 0 Å². The Bertz CT molecular complexity index is 706. The van der Waals surface area contributed by atoms with E-state index in [2.05, 4.69) is 16.8 Å². The highest BCUT2D eigenvalue weighted by Crippen LogP contribution is 2.28. The van der Waals surface area contributed by atoms with Crippen LogP contribution >= 0.6 is 11.3 Å². The van der Waals surface area contributed by atoms with Gasteiger partial charge in [0, 0.05) is 44.0 Å². The number of likely N-dealkylation sites (tertiary alicyclic amines) is 1. The van der Waals surface area contributed by atoms with Gasteiger partial charge in [0.25, 0.3) is 5.91 Å². The van der Waals surface area contributed by atoms with Gasteiger partial charge in [-0.05, 0) is 24.6 Å². The number of nitrogens with zero attached hydrogens (tertiary/aromatic N) is 3. The molecule has 1 amide bonds. The van der Waals surface area contributed by atoms with E-state index in [1.165, 1.54) is 11.3 Å². The van der Waals surface area contributed by atoms with Crippen LogP contribution in [-0.2, 0) is 0 Å². The van der Waals surface area contributed by atoms with E-state index in [-0.39, 0.29) is 11.9 Å². The van der Waals surface area contributed by atoms with Crippen LogP contribution in [0.5, 0.6) is 0 Å². The summed E-state index contributed by atoms with van der Waals surface area (Å²) in [5.41, 5.74) is 0. The third kappa shape index (κ3) is 2.95. The quantitative estimate of drug-likeness (QED) is 0.892. The van der Waals surface area contributed by atoms with Crippen molar-refractivity contribution in [1.82, 2.24) is 14.7 Å². The highest BCUT2D eigenvalue weighted by molar-refractivity contribution is 7.20. The summed E-state index contributed by atoms with van der Waals surface area (Å²) in [5.74, 6) is 0.0480. The van der Waals surface area contributed by atoms with Crippen LogP contribution in [0.1, 0.15) is 9.67 Å². The summed E-state index contributed by atoms with van der Waals surface area (Å²) in [6.07, 6.45) is -0.452. The van der Waals surface area contributed by atoms with Crippen LogP contribution in [0.3, 0.4) is 0 Å². The Kier molecular flexibility index (Phi) is 4.30. The van der Waals surface area contributed by atoms with E-state index in [0.717, 1.165) is 41.1 Å². The second-order valence-electron chi connectivity index (χ2n) is 6.83. The van der Waals surface area contributed by atoms with Gasteiger partial charge < -0.3 is 14.9 Å². The molecule has 0 radical (unpaired) electrons. The molecule has 5 nitrogen and oxygen atoms in total. The number of aliphatic hydroxyl groups excluding tert-OH is 1. The lowest BCUT2D eigenvalue weighted by atomic mass is 10.1. The van der Waals surface area contributed by atoms with Crippen molar-refractivity contribution in [3.8, 4) is 0 Å². The van der Waals surface area contributed by atoms with Gasteiger partial charge in [0.05, 0.1) is 17.0 Å². The molecule has 0 spiro atoms. The molecule has 6 heteroatoms. The number of benzene rings is 1. The van der Waals surface area contributed by atoms with Crippen LogP contribution in [0.4, 0.5) is 0 Å². The van der Waals surface area contributed by atoms with Crippen LogP contribution in [0.25, 0.3) is 10.1 Å². The van der Waals surface area contributed by atoms with Gasteiger partial charge >= 0.3 is 0 Å². The Morgan fingerprint density at radius 2 is 1.92 bits per heavy atom. The molecule has 0 saturated carbocycles. The van der Waals surface area contributed by atoms with Crippen LogP contribution < -0.4 is 0 Å². The topological polar surface area (TPSA) is 47.0 Å². The van der Waals surface area contributed by atoms with Crippen LogP contribution in [0.2, 0.25) is 0 Å². The average Bonchev–Trinajstić information content (AvgIpc) is 3.18. The number of β-amino-alcohol motifs (C(OH)–C–C–N with tert-alkyl or cyclic N) is 1. The number of fused-ring (bicyclic) bond motifs is 1. The number of hydrogen-bond acceptors (Lipinski definition) is 5. The Morgan fingerprint density at radius 1 is 1.17 bits per heavy atom. The molecule has 2 fully saturated rings. The number of carbonyl (C=O) groups is 1. The van der Waals surface area contributed by atoms with Crippen molar-refractivity contribution < 1.29 is 9.90 Å². The van der Waals surface area contributed by atoms with Gasteiger partial charge in [0.1, 0.15) is 0 Å². The molecule has 128 valence electrons. The summed E-state index contributed by atoms with van der Waals surface area (Å²) in [7, 11) is 2.12. The van der Waals surface area contributed by atoms with Crippen molar-refractivity contribution in [3.63, 3.8) is 0 Å². The molecular formula is C18H23N3O2S. The highest BCUT2D eigenvalue weighted by atomic mass is 32.1.